The number of carbonyl (C=O) groups excluding carboxylic acids is 1. The van der Waals surface area contributed by atoms with Crippen molar-refractivity contribution in [2.45, 2.75) is 26.2 Å². The Hall–Kier alpha value is -3.02. The average molecular weight is 484 g/mol. The summed E-state index contributed by atoms with van der Waals surface area (Å²) in [6.07, 6.45) is 3.15. The standard InChI is InChI=1S/C26H23Cl2NO4/c1-3-4-5-10-29(2)26(32)16-8-6-15(7-9-16)25-17-11-19(27)21(30)13-23(17)33-24-14-22(31)20(28)12-18(24)25/h6-9,11-14,30H,3-5,10H2,1-2H3. The van der Waals surface area contributed by atoms with Gasteiger partial charge in [-0.05, 0) is 36.2 Å². The van der Waals surface area contributed by atoms with E-state index in [-0.39, 0.29) is 27.1 Å². The minimum absolute atomic E-state index is 0.0394. The molecule has 5 nitrogen and oxygen atoms in total. The molecule has 0 fully saturated rings. The number of carbonyl (C=O) groups is 1. The lowest BCUT2D eigenvalue weighted by Gasteiger charge is -2.18. The van der Waals surface area contributed by atoms with E-state index in [1.54, 1.807) is 29.2 Å². The molecule has 0 saturated carbocycles. The highest BCUT2D eigenvalue weighted by atomic mass is 35.5. The van der Waals surface area contributed by atoms with Crippen molar-refractivity contribution in [3.8, 4) is 28.2 Å². The van der Waals surface area contributed by atoms with Gasteiger partial charge in [-0.3, -0.25) is 9.59 Å². The number of amides is 1. The molecular weight excluding hydrogens is 461 g/mol. The summed E-state index contributed by atoms with van der Waals surface area (Å²) in [4.78, 5) is 26.6. The topological polar surface area (TPSA) is 70.8 Å². The van der Waals surface area contributed by atoms with Gasteiger partial charge in [0, 0.05) is 47.8 Å². The predicted octanol–water partition coefficient (Wildman–Crippen LogP) is 6.84. The van der Waals surface area contributed by atoms with Gasteiger partial charge in [-0.15, -0.1) is 0 Å². The predicted molar refractivity (Wildman–Crippen MR) is 133 cm³/mol. The lowest BCUT2D eigenvalue weighted by molar-refractivity contribution is 0.0792. The summed E-state index contributed by atoms with van der Waals surface area (Å²) in [7, 11) is 1.81. The number of hydrogen-bond donors (Lipinski definition) is 1. The first-order chi connectivity index (χ1) is 15.8. The van der Waals surface area contributed by atoms with Gasteiger partial charge in [-0.25, -0.2) is 0 Å². The van der Waals surface area contributed by atoms with Crippen LogP contribution in [0.25, 0.3) is 33.4 Å². The van der Waals surface area contributed by atoms with Gasteiger partial charge in [0.05, 0.1) is 10.0 Å². The van der Waals surface area contributed by atoms with Crippen molar-refractivity contribution >= 4 is 40.1 Å². The number of nitrogens with zero attached hydrogens (tertiary/aromatic N) is 1. The van der Waals surface area contributed by atoms with E-state index in [0.717, 1.165) is 30.4 Å². The largest absolute Gasteiger partial charge is 0.506 e. The monoisotopic (exact) mass is 483 g/mol. The van der Waals surface area contributed by atoms with E-state index in [2.05, 4.69) is 6.92 Å². The van der Waals surface area contributed by atoms with Crippen LogP contribution in [0.3, 0.4) is 0 Å². The summed E-state index contributed by atoms with van der Waals surface area (Å²) in [6, 6.07) is 13.2. The Bertz CT molecular complexity index is 1360. The third-order valence-corrected chi connectivity index (χ3v) is 6.30. The summed E-state index contributed by atoms with van der Waals surface area (Å²) in [5.41, 5.74) is 2.76. The molecule has 0 spiro atoms. The first kappa shape index (κ1) is 23.1. The van der Waals surface area contributed by atoms with Crippen molar-refractivity contribution in [3.63, 3.8) is 0 Å². The van der Waals surface area contributed by atoms with Crippen LogP contribution >= 0.6 is 23.2 Å². The third kappa shape index (κ3) is 4.56. The minimum atomic E-state index is -0.358. The Morgan fingerprint density at radius 1 is 1.03 bits per heavy atom. The SMILES string of the molecule is CCCCCN(C)C(=O)c1ccc(-c2c3cc(Cl)c(=O)cc-3oc3cc(O)c(Cl)cc23)cc1. The number of benzene rings is 3. The van der Waals surface area contributed by atoms with Crippen molar-refractivity contribution in [1.82, 2.24) is 4.90 Å². The molecule has 0 aromatic heterocycles. The van der Waals surface area contributed by atoms with Crippen molar-refractivity contribution in [2.24, 2.45) is 0 Å². The Morgan fingerprint density at radius 3 is 2.45 bits per heavy atom. The number of aromatic hydroxyl groups is 1. The summed E-state index contributed by atoms with van der Waals surface area (Å²) in [5, 5.41) is 11.0. The molecule has 7 heteroatoms. The quantitative estimate of drug-likeness (QED) is 0.240. The highest BCUT2D eigenvalue weighted by molar-refractivity contribution is 6.33. The van der Waals surface area contributed by atoms with Gasteiger partial charge in [-0.1, -0.05) is 55.1 Å². The van der Waals surface area contributed by atoms with E-state index in [4.69, 9.17) is 27.6 Å². The molecule has 0 atom stereocenters. The molecule has 0 bridgehead atoms. The Kier molecular flexibility index (Phi) is 6.63. The van der Waals surface area contributed by atoms with Crippen LogP contribution in [-0.2, 0) is 0 Å². The maximum absolute atomic E-state index is 12.8. The van der Waals surface area contributed by atoms with Crippen LogP contribution in [0, 0.1) is 0 Å². The third-order valence-electron chi connectivity index (χ3n) is 5.71. The highest BCUT2D eigenvalue weighted by Crippen LogP contribution is 2.43. The van der Waals surface area contributed by atoms with Gasteiger partial charge in [0.2, 0.25) is 5.43 Å². The van der Waals surface area contributed by atoms with E-state index in [9.17, 15) is 14.7 Å². The molecule has 33 heavy (non-hydrogen) atoms. The number of unbranched alkanes of at least 4 members (excludes halogenated alkanes) is 2. The van der Waals surface area contributed by atoms with Gasteiger partial charge in [0.25, 0.3) is 5.91 Å². The maximum Gasteiger partial charge on any atom is 0.253 e. The number of fused-ring (bicyclic) bond motifs is 2. The molecular formula is C26H23Cl2NO4. The fourth-order valence-corrected chi connectivity index (χ4v) is 4.24. The van der Waals surface area contributed by atoms with E-state index < -0.39 is 0 Å². The van der Waals surface area contributed by atoms with E-state index in [1.165, 1.54) is 12.1 Å². The molecule has 1 amide bonds. The second kappa shape index (κ2) is 9.46. The molecule has 2 aromatic carbocycles. The second-order valence-electron chi connectivity index (χ2n) is 8.07. The highest BCUT2D eigenvalue weighted by Gasteiger charge is 2.21. The van der Waals surface area contributed by atoms with Crippen LogP contribution in [-0.4, -0.2) is 29.5 Å². The van der Waals surface area contributed by atoms with Crippen LogP contribution in [0.1, 0.15) is 36.5 Å². The molecule has 1 N–H and O–H groups in total. The molecule has 0 unspecified atom stereocenters. The van der Waals surface area contributed by atoms with Crippen molar-refractivity contribution in [1.29, 1.82) is 0 Å². The van der Waals surface area contributed by atoms with Crippen LogP contribution in [0.15, 0.2) is 57.7 Å². The average Bonchev–Trinajstić information content (AvgIpc) is 2.79. The summed E-state index contributed by atoms with van der Waals surface area (Å²) < 4.78 is 5.88. The van der Waals surface area contributed by atoms with Crippen LogP contribution in [0.2, 0.25) is 10.0 Å². The zero-order valence-electron chi connectivity index (χ0n) is 18.3. The Balaban J connectivity index is 1.83. The minimum Gasteiger partial charge on any atom is -0.506 e. The molecule has 1 aliphatic carbocycles. The van der Waals surface area contributed by atoms with Crippen LogP contribution in [0.4, 0.5) is 0 Å². The number of phenols is 1. The molecule has 1 heterocycles. The van der Waals surface area contributed by atoms with E-state index in [1.807, 2.05) is 19.2 Å². The summed E-state index contributed by atoms with van der Waals surface area (Å²) in [5.74, 6) is 0.174. The number of halogens is 2. The lowest BCUT2D eigenvalue weighted by Crippen LogP contribution is -2.27. The van der Waals surface area contributed by atoms with Gasteiger partial charge >= 0.3 is 0 Å². The first-order valence-corrected chi connectivity index (χ1v) is 11.5. The van der Waals surface area contributed by atoms with Gasteiger partial charge in [0.1, 0.15) is 17.1 Å². The number of rotatable bonds is 6. The number of phenolic OH excluding ortho intramolecular Hbond substituents is 1. The van der Waals surface area contributed by atoms with Crippen LogP contribution < -0.4 is 5.43 Å². The van der Waals surface area contributed by atoms with E-state index >= 15 is 0 Å². The van der Waals surface area contributed by atoms with E-state index in [0.29, 0.717) is 34.4 Å². The molecule has 4 rings (SSSR count). The summed E-state index contributed by atoms with van der Waals surface area (Å²) in [6.45, 7) is 2.84. The van der Waals surface area contributed by atoms with Crippen molar-refractivity contribution in [2.75, 3.05) is 13.6 Å². The molecule has 2 aliphatic rings. The molecule has 170 valence electrons. The first-order valence-electron chi connectivity index (χ1n) is 10.7. The molecule has 0 radical (unpaired) electrons. The zero-order chi connectivity index (χ0) is 23.7. The Morgan fingerprint density at radius 2 is 1.76 bits per heavy atom. The molecule has 2 aromatic rings. The smallest absolute Gasteiger partial charge is 0.253 e. The fraction of sp³-hybridized carbons (Fsp3) is 0.231. The van der Waals surface area contributed by atoms with Crippen molar-refractivity contribution in [3.05, 3.63) is 74.4 Å². The zero-order valence-corrected chi connectivity index (χ0v) is 19.8. The number of hydrogen-bond acceptors (Lipinski definition) is 4. The second-order valence-corrected chi connectivity index (χ2v) is 8.88. The normalized spacial score (nSPS) is 11.3. The molecule has 1 aliphatic heterocycles. The van der Waals surface area contributed by atoms with Crippen molar-refractivity contribution < 1.29 is 14.3 Å². The van der Waals surface area contributed by atoms with Gasteiger partial charge in [-0.2, -0.15) is 0 Å². The fourth-order valence-electron chi connectivity index (χ4n) is 3.91. The Labute approximate surface area is 201 Å². The van der Waals surface area contributed by atoms with Gasteiger partial charge in [0.15, 0.2) is 0 Å². The maximum atomic E-state index is 12.8. The van der Waals surface area contributed by atoms with Crippen LogP contribution in [0.5, 0.6) is 5.75 Å². The lowest BCUT2D eigenvalue weighted by atomic mass is 9.93. The molecule has 0 saturated heterocycles. The summed E-state index contributed by atoms with van der Waals surface area (Å²) >= 11 is 12.3. The van der Waals surface area contributed by atoms with Gasteiger partial charge < -0.3 is 14.4 Å².